The topological polar surface area (TPSA) is 9.23 Å². The molecular weight excluding hydrogens is 116 g/mol. The fraction of sp³-hybridized carbons (Fsp3) is 0.500. The van der Waals surface area contributed by atoms with Gasteiger partial charge in [-0.1, -0.05) is 6.08 Å². The summed E-state index contributed by atoms with van der Waals surface area (Å²) in [6.07, 6.45) is 1.66. The van der Waals surface area contributed by atoms with Crippen LogP contribution in [0.1, 0.15) is 0 Å². The summed E-state index contributed by atoms with van der Waals surface area (Å²) in [5, 5.41) is 0. The summed E-state index contributed by atoms with van der Waals surface area (Å²) >= 11 is 0. The Hall–Kier alpha value is -0.0831. The van der Waals surface area contributed by atoms with E-state index in [0.717, 1.165) is 0 Å². The quantitative estimate of drug-likeness (QED) is 0.531. The Bertz CT molecular complexity index is 73.1. The molecule has 0 aliphatic rings. The molecule has 0 amide bonds. The second-order valence-corrected chi connectivity index (χ2v) is 7.06. The van der Waals surface area contributed by atoms with Crippen LogP contribution < -0.4 is 0 Å². The van der Waals surface area contributed by atoms with Crippen molar-refractivity contribution < 1.29 is 4.43 Å². The van der Waals surface area contributed by atoms with Crippen molar-refractivity contribution in [3.8, 4) is 0 Å². The zero-order chi connectivity index (χ0) is 6.62. The third kappa shape index (κ3) is 5.92. The van der Waals surface area contributed by atoms with Gasteiger partial charge in [0.25, 0.3) is 0 Å². The maximum atomic E-state index is 5.27. The molecule has 2 heteroatoms. The maximum Gasteiger partial charge on any atom is 0.184 e. The van der Waals surface area contributed by atoms with Crippen LogP contribution in [-0.2, 0) is 4.43 Å². The molecule has 0 bridgehead atoms. The van der Waals surface area contributed by atoms with Gasteiger partial charge in [0.15, 0.2) is 8.32 Å². The van der Waals surface area contributed by atoms with E-state index in [4.69, 9.17) is 4.43 Å². The SMILES string of the molecule is C=C[CH]O[Si](C)(C)C. The van der Waals surface area contributed by atoms with Crippen molar-refractivity contribution in [3.05, 3.63) is 19.3 Å². The van der Waals surface area contributed by atoms with Gasteiger partial charge in [-0.05, 0) is 19.6 Å². The van der Waals surface area contributed by atoms with Crippen LogP contribution in [0.3, 0.4) is 0 Å². The first-order chi connectivity index (χ1) is 3.56. The molecule has 0 unspecified atom stereocenters. The summed E-state index contributed by atoms with van der Waals surface area (Å²) in [6, 6.07) is 0. The minimum absolute atomic E-state index is 1.30. The van der Waals surface area contributed by atoms with Crippen molar-refractivity contribution in [2.45, 2.75) is 19.6 Å². The molecular formula is C6H13OSi. The van der Waals surface area contributed by atoms with E-state index >= 15 is 0 Å². The largest absolute Gasteiger partial charge is 0.408 e. The van der Waals surface area contributed by atoms with E-state index in [2.05, 4.69) is 26.2 Å². The van der Waals surface area contributed by atoms with Crippen LogP contribution in [0, 0.1) is 6.61 Å². The minimum atomic E-state index is -1.30. The van der Waals surface area contributed by atoms with Gasteiger partial charge in [0.1, 0.15) is 0 Å². The molecule has 0 aromatic rings. The van der Waals surface area contributed by atoms with Crippen molar-refractivity contribution in [2.24, 2.45) is 0 Å². The van der Waals surface area contributed by atoms with Gasteiger partial charge in [0.05, 0.1) is 6.61 Å². The lowest BCUT2D eigenvalue weighted by atomic mass is 10.7. The highest BCUT2D eigenvalue weighted by molar-refractivity contribution is 6.69. The molecule has 0 aliphatic carbocycles. The Morgan fingerprint density at radius 2 is 1.88 bits per heavy atom. The minimum Gasteiger partial charge on any atom is -0.408 e. The van der Waals surface area contributed by atoms with E-state index in [-0.39, 0.29) is 0 Å². The lowest BCUT2D eigenvalue weighted by molar-refractivity contribution is 0.431. The van der Waals surface area contributed by atoms with Crippen LogP contribution in [-0.4, -0.2) is 8.32 Å². The van der Waals surface area contributed by atoms with Crippen molar-refractivity contribution in [1.29, 1.82) is 0 Å². The molecule has 0 saturated carbocycles. The highest BCUT2D eigenvalue weighted by Gasteiger charge is 2.12. The van der Waals surface area contributed by atoms with Crippen LogP contribution in [0.2, 0.25) is 19.6 Å². The Morgan fingerprint density at radius 1 is 1.38 bits per heavy atom. The molecule has 0 atom stereocenters. The maximum absolute atomic E-state index is 5.27. The second kappa shape index (κ2) is 3.05. The molecule has 0 aliphatic heterocycles. The number of rotatable bonds is 3. The molecule has 0 heterocycles. The van der Waals surface area contributed by atoms with Crippen molar-refractivity contribution >= 4 is 8.32 Å². The van der Waals surface area contributed by atoms with E-state index in [1.165, 1.54) is 0 Å². The summed E-state index contributed by atoms with van der Waals surface area (Å²) < 4.78 is 5.27. The smallest absolute Gasteiger partial charge is 0.184 e. The summed E-state index contributed by atoms with van der Waals surface area (Å²) in [6.45, 7) is 11.6. The molecule has 0 N–H and O–H groups in total. The second-order valence-electron chi connectivity index (χ2n) is 2.60. The predicted octanol–water partition coefficient (Wildman–Crippen LogP) is 2.19. The molecule has 47 valence electrons. The summed E-state index contributed by atoms with van der Waals surface area (Å²) in [4.78, 5) is 0. The lowest BCUT2D eigenvalue weighted by Crippen LogP contribution is -2.23. The molecule has 0 fully saturated rings. The highest BCUT2D eigenvalue weighted by Crippen LogP contribution is 2.03. The molecule has 0 aromatic heterocycles. The molecule has 1 nitrogen and oxygen atoms in total. The summed E-state index contributed by atoms with van der Waals surface area (Å²) in [5.74, 6) is 0. The van der Waals surface area contributed by atoms with Crippen molar-refractivity contribution in [3.63, 3.8) is 0 Å². The molecule has 8 heavy (non-hydrogen) atoms. The lowest BCUT2D eigenvalue weighted by Gasteiger charge is -2.13. The van der Waals surface area contributed by atoms with Gasteiger partial charge in [-0.2, -0.15) is 0 Å². The highest BCUT2D eigenvalue weighted by atomic mass is 28.4. The molecule has 0 rings (SSSR count). The van der Waals surface area contributed by atoms with Crippen LogP contribution in [0.25, 0.3) is 0 Å². The van der Waals surface area contributed by atoms with E-state index in [1.807, 2.05) is 0 Å². The van der Waals surface area contributed by atoms with Crippen LogP contribution in [0.15, 0.2) is 12.7 Å². The standard InChI is InChI=1S/C6H13OSi/c1-5-6-7-8(2,3)4/h5-6H,1H2,2-4H3. The number of hydrogen-bond donors (Lipinski definition) is 0. The first-order valence-corrected chi connectivity index (χ1v) is 6.09. The van der Waals surface area contributed by atoms with Gasteiger partial charge in [-0.25, -0.2) is 0 Å². The van der Waals surface area contributed by atoms with Crippen LogP contribution in [0.5, 0.6) is 0 Å². The van der Waals surface area contributed by atoms with Gasteiger partial charge >= 0.3 is 0 Å². The summed E-state index contributed by atoms with van der Waals surface area (Å²) in [7, 11) is -1.30. The first kappa shape index (κ1) is 7.92. The Balaban J connectivity index is 3.24. The fourth-order valence-electron chi connectivity index (χ4n) is 0.252. The monoisotopic (exact) mass is 129 g/mol. The van der Waals surface area contributed by atoms with Crippen LogP contribution in [0.4, 0.5) is 0 Å². The fourth-order valence-corrected chi connectivity index (χ4v) is 0.757. The average Bonchev–Trinajstić information content (AvgIpc) is 1.59. The van der Waals surface area contributed by atoms with Gasteiger partial charge in [-0.3, -0.25) is 0 Å². The molecule has 0 saturated heterocycles. The van der Waals surface area contributed by atoms with Gasteiger partial charge in [0, 0.05) is 0 Å². The number of hydrogen-bond acceptors (Lipinski definition) is 1. The Kier molecular flexibility index (Phi) is 3.01. The van der Waals surface area contributed by atoms with Crippen LogP contribution >= 0.6 is 0 Å². The normalized spacial score (nSPS) is 11.4. The van der Waals surface area contributed by atoms with E-state index in [1.54, 1.807) is 12.7 Å². The Morgan fingerprint density at radius 3 is 2.00 bits per heavy atom. The average molecular weight is 129 g/mol. The van der Waals surface area contributed by atoms with E-state index in [9.17, 15) is 0 Å². The predicted molar refractivity (Wildman–Crippen MR) is 38.9 cm³/mol. The third-order valence-electron chi connectivity index (χ3n) is 0.518. The van der Waals surface area contributed by atoms with Gasteiger partial charge in [-0.15, -0.1) is 6.58 Å². The van der Waals surface area contributed by atoms with Gasteiger partial charge < -0.3 is 4.43 Å². The van der Waals surface area contributed by atoms with Crippen molar-refractivity contribution in [1.82, 2.24) is 0 Å². The summed E-state index contributed by atoms with van der Waals surface area (Å²) in [5.41, 5.74) is 0. The van der Waals surface area contributed by atoms with Gasteiger partial charge in [0.2, 0.25) is 0 Å². The van der Waals surface area contributed by atoms with E-state index in [0.29, 0.717) is 0 Å². The first-order valence-electron chi connectivity index (χ1n) is 2.68. The van der Waals surface area contributed by atoms with E-state index < -0.39 is 8.32 Å². The zero-order valence-electron chi connectivity index (χ0n) is 5.77. The molecule has 1 radical (unpaired) electrons. The third-order valence-corrected chi connectivity index (χ3v) is 1.36. The zero-order valence-corrected chi connectivity index (χ0v) is 6.77. The Labute approximate surface area is 52.5 Å². The van der Waals surface area contributed by atoms with Crippen molar-refractivity contribution in [2.75, 3.05) is 0 Å². The molecule has 0 aromatic carbocycles. The molecule has 0 spiro atoms.